The van der Waals surface area contributed by atoms with Gasteiger partial charge in [-0.15, -0.1) is 0 Å². The minimum absolute atomic E-state index is 0.268. The van der Waals surface area contributed by atoms with Crippen LogP contribution in [0.25, 0.3) is 11.1 Å². The molecule has 5 rings (SSSR count). The lowest BCUT2D eigenvalue weighted by Gasteiger charge is -2.36. The smallest absolute Gasteiger partial charge is 0.338 e. The quantitative estimate of drug-likeness (QED) is 0.258. The Morgan fingerprint density at radius 1 is 0.730 bits per heavy atom. The second kappa shape index (κ2) is 11.8. The van der Waals surface area contributed by atoms with E-state index in [1.807, 2.05) is 73.7 Å². The molecule has 4 aromatic carbocycles. The van der Waals surface area contributed by atoms with Crippen LogP contribution in [0.15, 0.2) is 103 Å². The second-order valence-electron chi connectivity index (χ2n) is 9.13. The first kappa shape index (κ1) is 24.6. The SMILES string of the molecule is CCOC(=O)c1ccc(N2CCN(Cc3ccccc3-c3ccc(Oc4ccccc4)cc3)CC2)cc1. The van der Waals surface area contributed by atoms with Gasteiger partial charge >= 0.3 is 5.97 Å². The lowest BCUT2D eigenvalue weighted by molar-refractivity contribution is 0.0526. The third-order valence-electron chi connectivity index (χ3n) is 6.67. The van der Waals surface area contributed by atoms with Crippen LogP contribution in [0.3, 0.4) is 0 Å². The van der Waals surface area contributed by atoms with E-state index in [1.165, 1.54) is 16.7 Å². The summed E-state index contributed by atoms with van der Waals surface area (Å²) in [6.45, 7) is 6.99. The van der Waals surface area contributed by atoms with Crippen molar-refractivity contribution in [1.82, 2.24) is 4.90 Å². The van der Waals surface area contributed by atoms with Crippen LogP contribution in [-0.2, 0) is 11.3 Å². The molecule has 5 nitrogen and oxygen atoms in total. The van der Waals surface area contributed by atoms with Crippen LogP contribution in [0.4, 0.5) is 5.69 Å². The number of benzene rings is 4. The van der Waals surface area contributed by atoms with Gasteiger partial charge in [-0.25, -0.2) is 4.79 Å². The van der Waals surface area contributed by atoms with Gasteiger partial charge in [0.05, 0.1) is 12.2 Å². The maximum absolute atomic E-state index is 11.9. The molecule has 0 aromatic heterocycles. The van der Waals surface area contributed by atoms with E-state index in [0.717, 1.165) is 49.9 Å². The average Bonchev–Trinajstić information content (AvgIpc) is 2.95. The van der Waals surface area contributed by atoms with Crippen LogP contribution in [0.1, 0.15) is 22.8 Å². The zero-order valence-electron chi connectivity index (χ0n) is 21.2. The molecule has 0 spiro atoms. The van der Waals surface area contributed by atoms with E-state index in [9.17, 15) is 4.79 Å². The molecular formula is C32H32N2O3. The number of piperazine rings is 1. The van der Waals surface area contributed by atoms with Crippen LogP contribution in [-0.4, -0.2) is 43.7 Å². The number of rotatable bonds is 8. The number of anilines is 1. The molecule has 0 N–H and O–H groups in total. The summed E-state index contributed by atoms with van der Waals surface area (Å²) in [5.41, 5.74) is 5.51. The summed E-state index contributed by atoms with van der Waals surface area (Å²) in [5.74, 6) is 1.40. The van der Waals surface area contributed by atoms with Gasteiger partial charge in [0.25, 0.3) is 0 Å². The number of carbonyl (C=O) groups excluding carboxylic acids is 1. The zero-order valence-corrected chi connectivity index (χ0v) is 21.2. The van der Waals surface area contributed by atoms with Crippen molar-refractivity contribution in [2.75, 3.05) is 37.7 Å². The predicted molar refractivity (Wildman–Crippen MR) is 148 cm³/mol. The van der Waals surface area contributed by atoms with Gasteiger partial charge in [0, 0.05) is 38.4 Å². The summed E-state index contributed by atoms with van der Waals surface area (Å²) in [4.78, 5) is 16.8. The number of nitrogens with zero attached hydrogens (tertiary/aromatic N) is 2. The molecule has 1 saturated heterocycles. The lowest BCUT2D eigenvalue weighted by Crippen LogP contribution is -2.46. The maximum atomic E-state index is 11.9. The fourth-order valence-corrected chi connectivity index (χ4v) is 4.69. The van der Waals surface area contributed by atoms with Gasteiger partial charge in [-0.05, 0) is 72.1 Å². The molecule has 0 unspecified atom stereocenters. The van der Waals surface area contributed by atoms with E-state index in [0.29, 0.717) is 12.2 Å². The number of carbonyl (C=O) groups is 1. The van der Waals surface area contributed by atoms with Gasteiger partial charge in [-0.2, -0.15) is 0 Å². The molecule has 4 aromatic rings. The Morgan fingerprint density at radius 3 is 2.08 bits per heavy atom. The first-order valence-corrected chi connectivity index (χ1v) is 12.9. The summed E-state index contributed by atoms with van der Waals surface area (Å²) < 4.78 is 11.1. The van der Waals surface area contributed by atoms with Crippen molar-refractivity contribution in [3.8, 4) is 22.6 Å². The Hall–Kier alpha value is -4.09. The van der Waals surface area contributed by atoms with Gasteiger partial charge in [-0.3, -0.25) is 4.90 Å². The topological polar surface area (TPSA) is 42.0 Å². The Morgan fingerprint density at radius 2 is 1.38 bits per heavy atom. The Balaban J connectivity index is 1.20. The molecule has 1 fully saturated rings. The van der Waals surface area contributed by atoms with Gasteiger partial charge in [0.15, 0.2) is 0 Å². The van der Waals surface area contributed by atoms with Gasteiger partial charge in [0.2, 0.25) is 0 Å². The highest BCUT2D eigenvalue weighted by molar-refractivity contribution is 5.89. The third kappa shape index (κ3) is 6.19. The van der Waals surface area contributed by atoms with E-state index >= 15 is 0 Å². The first-order valence-electron chi connectivity index (χ1n) is 12.9. The van der Waals surface area contributed by atoms with Crippen molar-refractivity contribution in [1.29, 1.82) is 0 Å². The standard InChI is InChI=1S/C32H32N2O3/c1-2-36-32(35)26-12-16-28(17-13-26)34-22-20-33(21-23-34)24-27-8-6-7-11-31(27)25-14-18-30(19-15-25)37-29-9-4-3-5-10-29/h3-19H,2,20-24H2,1H3. The van der Waals surface area contributed by atoms with Gasteiger partial charge in [0.1, 0.15) is 11.5 Å². The van der Waals surface area contributed by atoms with Crippen molar-refractivity contribution in [3.05, 3.63) is 114 Å². The Bertz CT molecular complexity index is 1300. The number of esters is 1. The summed E-state index contributed by atoms with van der Waals surface area (Å²) >= 11 is 0. The summed E-state index contributed by atoms with van der Waals surface area (Å²) in [7, 11) is 0. The van der Waals surface area contributed by atoms with Crippen LogP contribution in [0.2, 0.25) is 0 Å². The van der Waals surface area contributed by atoms with Gasteiger partial charge < -0.3 is 14.4 Å². The van der Waals surface area contributed by atoms with Crippen molar-refractivity contribution in [2.24, 2.45) is 0 Å². The molecule has 0 saturated carbocycles. The normalized spacial score (nSPS) is 13.8. The second-order valence-corrected chi connectivity index (χ2v) is 9.13. The third-order valence-corrected chi connectivity index (χ3v) is 6.67. The molecule has 0 aliphatic carbocycles. The number of para-hydroxylation sites is 1. The minimum Gasteiger partial charge on any atom is -0.462 e. The number of hydrogen-bond acceptors (Lipinski definition) is 5. The molecule has 1 aliphatic heterocycles. The van der Waals surface area contributed by atoms with E-state index in [4.69, 9.17) is 9.47 Å². The highest BCUT2D eigenvalue weighted by atomic mass is 16.5. The van der Waals surface area contributed by atoms with Gasteiger partial charge in [-0.1, -0.05) is 54.6 Å². The van der Waals surface area contributed by atoms with E-state index in [2.05, 4.69) is 46.2 Å². The largest absolute Gasteiger partial charge is 0.462 e. The molecule has 188 valence electrons. The molecule has 1 heterocycles. The van der Waals surface area contributed by atoms with Crippen LogP contribution >= 0.6 is 0 Å². The van der Waals surface area contributed by atoms with Crippen LogP contribution < -0.4 is 9.64 Å². The van der Waals surface area contributed by atoms with Crippen molar-refractivity contribution in [2.45, 2.75) is 13.5 Å². The Labute approximate surface area is 218 Å². The predicted octanol–water partition coefficient (Wildman–Crippen LogP) is 6.64. The van der Waals surface area contributed by atoms with Crippen LogP contribution in [0.5, 0.6) is 11.5 Å². The van der Waals surface area contributed by atoms with E-state index < -0.39 is 0 Å². The first-order chi connectivity index (χ1) is 18.2. The van der Waals surface area contributed by atoms with E-state index in [-0.39, 0.29) is 5.97 Å². The summed E-state index contributed by atoms with van der Waals surface area (Å²) in [6.07, 6.45) is 0. The summed E-state index contributed by atoms with van der Waals surface area (Å²) in [5, 5.41) is 0. The fraction of sp³-hybridized carbons (Fsp3) is 0.219. The molecule has 1 aliphatic rings. The van der Waals surface area contributed by atoms with Crippen molar-refractivity contribution < 1.29 is 14.3 Å². The van der Waals surface area contributed by atoms with Crippen LogP contribution in [0, 0.1) is 0 Å². The minimum atomic E-state index is -0.268. The molecular weight excluding hydrogens is 460 g/mol. The highest BCUT2D eigenvalue weighted by Gasteiger charge is 2.19. The van der Waals surface area contributed by atoms with Crippen molar-refractivity contribution in [3.63, 3.8) is 0 Å². The lowest BCUT2D eigenvalue weighted by atomic mass is 9.99. The molecule has 0 bridgehead atoms. The molecule has 0 atom stereocenters. The maximum Gasteiger partial charge on any atom is 0.338 e. The molecule has 5 heteroatoms. The van der Waals surface area contributed by atoms with E-state index in [1.54, 1.807) is 0 Å². The summed E-state index contributed by atoms with van der Waals surface area (Å²) in [6, 6.07) is 34.6. The molecule has 0 radical (unpaired) electrons. The highest BCUT2D eigenvalue weighted by Crippen LogP contribution is 2.29. The fourth-order valence-electron chi connectivity index (χ4n) is 4.69. The number of ether oxygens (including phenoxy) is 2. The molecule has 37 heavy (non-hydrogen) atoms. The Kier molecular flexibility index (Phi) is 7.82. The number of hydrogen-bond donors (Lipinski definition) is 0. The molecule has 0 amide bonds. The van der Waals surface area contributed by atoms with Crippen molar-refractivity contribution >= 4 is 11.7 Å². The zero-order chi connectivity index (χ0) is 25.5. The average molecular weight is 493 g/mol. The monoisotopic (exact) mass is 492 g/mol.